The third kappa shape index (κ3) is 3.52. The highest BCUT2D eigenvalue weighted by molar-refractivity contribution is 6.28. The van der Waals surface area contributed by atoms with Gasteiger partial charge in [-0.15, -0.1) is 0 Å². The molecule has 0 spiro atoms. The lowest BCUT2D eigenvalue weighted by atomic mass is 10.0. The lowest BCUT2D eigenvalue weighted by molar-refractivity contribution is -0.384. The van der Waals surface area contributed by atoms with E-state index in [4.69, 9.17) is 11.6 Å². The van der Waals surface area contributed by atoms with E-state index in [0.717, 1.165) is 12.6 Å². The zero-order valence-corrected chi connectivity index (χ0v) is 10.7. The molecule has 1 heterocycles. The van der Waals surface area contributed by atoms with Crippen LogP contribution < -0.4 is 5.32 Å². The summed E-state index contributed by atoms with van der Waals surface area (Å²) in [6, 6.07) is 0.0738. The van der Waals surface area contributed by atoms with Gasteiger partial charge in [-0.2, -0.15) is 4.98 Å². The molecule has 0 unspecified atom stereocenters. The van der Waals surface area contributed by atoms with Crippen molar-refractivity contribution in [1.82, 2.24) is 9.97 Å². The number of anilines is 1. The van der Waals surface area contributed by atoms with E-state index in [9.17, 15) is 10.1 Å². The number of halogens is 1. The van der Waals surface area contributed by atoms with Gasteiger partial charge in [-0.25, -0.2) is 4.98 Å². The Kier molecular flexibility index (Phi) is 4.62. The Labute approximate surface area is 105 Å². The summed E-state index contributed by atoms with van der Waals surface area (Å²) in [4.78, 5) is 17.7. The van der Waals surface area contributed by atoms with Gasteiger partial charge in [0.1, 0.15) is 6.20 Å². The van der Waals surface area contributed by atoms with Gasteiger partial charge in [-0.05, 0) is 24.4 Å². The van der Waals surface area contributed by atoms with Crippen LogP contribution in [-0.4, -0.2) is 20.9 Å². The van der Waals surface area contributed by atoms with Crippen molar-refractivity contribution in [2.24, 2.45) is 5.92 Å². The van der Waals surface area contributed by atoms with Crippen LogP contribution in [0.15, 0.2) is 6.20 Å². The second-order valence-electron chi connectivity index (χ2n) is 3.95. The lowest BCUT2D eigenvalue weighted by Crippen LogP contribution is -2.24. The van der Waals surface area contributed by atoms with E-state index >= 15 is 0 Å². The molecule has 1 aromatic rings. The van der Waals surface area contributed by atoms with Gasteiger partial charge in [0.2, 0.25) is 11.1 Å². The van der Waals surface area contributed by atoms with Crippen molar-refractivity contribution in [3.63, 3.8) is 0 Å². The molecule has 0 saturated carbocycles. The Balaban J connectivity index is 2.96. The number of nitro groups is 1. The molecule has 2 atom stereocenters. The van der Waals surface area contributed by atoms with E-state index in [1.807, 2.05) is 6.92 Å². The summed E-state index contributed by atoms with van der Waals surface area (Å²) in [5.41, 5.74) is -0.162. The highest BCUT2D eigenvalue weighted by Crippen LogP contribution is 2.24. The van der Waals surface area contributed by atoms with Gasteiger partial charge < -0.3 is 5.32 Å². The molecule has 0 aromatic carbocycles. The van der Waals surface area contributed by atoms with E-state index in [2.05, 4.69) is 29.1 Å². The molecule has 0 aliphatic rings. The molecule has 7 heteroatoms. The fraction of sp³-hybridized carbons (Fsp3) is 0.600. The largest absolute Gasteiger partial charge is 0.361 e. The lowest BCUT2D eigenvalue weighted by Gasteiger charge is -2.20. The van der Waals surface area contributed by atoms with Gasteiger partial charge in [0, 0.05) is 6.04 Å². The molecular formula is C10H15ClN4O2. The predicted molar refractivity (Wildman–Crippen MR) is 66.2 cm³/mol. The van der Waals surface area contributed by atoms with Crippen molar-refractivity contribution in [1.29, 1.82) is 0 Å². The Morgan fingerprint density at radius 1 is 1.59 bits per heavy atom. The fourth-order valence-corrected chi connectivity index (χ4v) is 1.44. The number of nitrogens with one attached hydrogen (secondary N) is 1. The molecule has 0 amide bonds. The van der Waals surface area contributed by atoms with Crippen LogP contribution in [0.3, 0.4) is 0 Å². The van der Waals surface area contributed by atoms with Gasteiger partial charge >= 0.3 is 5.69 Å². The molecule has 94 valence electrons. The van der Waals surface area contributed by atoms with Gasteiger partial charge in [-0.3, -0.25) is 10.1 Å². The molecule has 0 aliphatic heterocycles. The van der Waals surface area contributed by atoms with Crippen molar-refractivity contribution >= 4 is 23.1 Å². The average Bonchev–Trinajstić information content (AvgIpc) is 2.27. The zero-order chi connectivity index (χ0) is 13.0. The highest BCUT2D eigenvalue weighted by Gasteiger charge is 2.20. The minimum absolute atomic E-state index is 0.00514. The van der Waals surface area contributed by atoms with E-state index in [0.29, 0.717) is 5.92 Å². The maximum absolute atomic E-state index is 10.8. The zero-order valence-electron chi connectivity index (χ0n) is 9.98. The Bertz CT molecular complexity index is 413. The number of aromatic nitrogens is 2. The summed E-state index contributed by atoms with van der Waals surface area (Å²) >= 11 is 5.63. The maximum atomic E-state index is 10.8. The van der Waals surface area contributed by atoms with E-state index in [1.165, 1.54) is 0 Å². The summed E-state index contributed by atoms with van der Waals surface area (Å²) in [6.07, 6.45) is 2.09. The topological polar surface area (TPSA) is 81.0 Å². The van der Waals surface area contributed by atoms with E-state index in [1.54, 1.807) is 0 Å². The minimum atomic E-state index is -0.526. The second kappa shape index (κ2) is 5.77. The molecule has 1 rings (SSSR count). The molecule has 1 aromatic heterocycles. The van der Waals surface area contributed by atoms with Crippen LogP contribution in [0.5, 0.6) is 0 Å². The molecule has 0 fully saturated rings. The second-order valence-corrected chi connectivity index (χ2v) is 4.29. The first kappa shape index (κ1) is 13.6. The van der Waals surface area contributed by atoms with Gasteiger partial charge in [0.15, 0.2) is 0 Å². The molecule has 6 nitrogen and oxygen atoms in total. The molecule has 1 N–H and O–H groups in total. The molecule has 0 radical (unpaired) electrons. The summed E-state index contributed by atoms with van der Waals surface area (Å²) < 4.78 is 0. The van der Waals surface area contributed by atoms with Gasteiger partial charge in [0.25, 0.3) is 0 Å². The van der Waals surface area contributed by atoms with Crippen LogP contribution in [-0.2, 0) is 0 Å². The maximum Gasteiger partial charge on any atom is 0.329 e. The van der Waals surface area contributed by atoms with Crippen molar-refractivity contribution in [2.45, 2.75) is 33.2 Å². The first-order chi connectivity index (χ1) is 7.95. The SMILES string of the molecule is CC[C@H](C)[C@@H](C)Nc1nc(Cl)ncc1[N+](=O)[O-]. The van der Waals surface area contributed by atoms with Crippen molar-refractivity contribution in [2.75, 3.05) is 5.32 Å². The Morgan fingerprint density at radius 3 is 2.76 bits per heavy atom. The summed E-state index contributed by atoms with van der Waals surface area (Å²) in [6.45, 7) is 6.07. The highest BCUT2D eigenvalue weighted by atomic mass is 35.5. The normalized spacial score (nSPS) is 14.1. The van der Waals surface area contributed by atoms with Crippen LogP contribution in [0, 0.1) is 16.0 Å². The van der Waals surface area contributed by atoms with E-state index < -0.39 is 4.92 Å². The first-order valence-corrected chi connectivity index (χ1v) is 5.77. The summed E-state index contributed by atoms with van der Waals surface area (Å²) in [7, 11) is 0. The summed E-state index contributed by atoms with van der Waals surface area (Å²) in [5, 5.41) is 13.8. The quantitative estimate of drug-likeness (QED) is 0.499. The molecule has 0 saturated heterocycles. The van der Waals surface area contributed by atoms with Crippen LogP contribution in [0.4, 0.5) is 11.5 Å². The van der Waals surface area contributed by atoms with Gasteiger partial charge in [0.05, 0.1) is 4.92 Å². The fourth-order valence-electron chi connectivity index (χ4n) is 1.31. The van der Waals surface area contributed by atoms with Crippen molar-refractivity contribution in [3.8, 4) is 0 Å². The van der Waals surface area contributed by atoms with Crippen LogP contribution in [0.1, 0.15) is 27.2 Å². The van der Waals surface area contributed by atoms with Crippen molar-refractivity contribution in [3.05, 3.63) is 21.6 Å². The predicted octanol–water partition coefficient (Wildman–Crippen LogP) is 2.88. The number of hydrogen-bond donors (Lipinski definition) is 1. The molecule has 0 bridgehead atoms. The summed E-state index contributed by atoms with van der Waals surface area (Å²) in [5.74, 6) is 0.547. The molecular weight excluding hydrogens is 244 g/mol. The standard InChI is InChI=1S/C10H15ClN4O2/c1-4-6(2)7(3)13-9-8(15(16)17)5-12-10(11)14-9/h5-7H,4H2,1-3H3,(H,12,13,14)/t6-,7+/m0/s1. The van der Waals surface area contributed by atoms with Crippen molar-refractivity contribution < 1.29 is 4.92 Å². The first-order valence-electron chi connectivity index (χ1n) is 5.39. The number of rotatable bonds is 5. The Hall–Kier alpha value is -1.43. The monoisotopic (exact) mass is 258 g/mol. The average molecular weight is 259 g/mol. The minimum Gasteiger partial charge on any atom is -0.361 e. The smallest absolute Gasteiger partial charge is 0.329 e. The third-order valence-electron chi connectivity index (χ3n) is 2.80. The van der Waals surface area contributed by atoms with E-state index in [-0.39, 0.29) is 22.8 Å². The van der Waals surface area contributed by atoms with Gasteiger partial charge in [-0.1, -0.05) is 20.3 Å². The molecule has 17 heavy (non-hydrogen) atoms. The van der Waals surface area contributed by atoms with Crippen LogP contribution in [0.25, 0.3) is 0 Å². The van der Waals surface area contributed by atoms with Crippen LogP contribution in [0.2, 0.25) is 5.28 Å². The van der Waals surface area contributed by atoms with Crippen LogP contribution >= 0.6 is 11.6 Å². The number of hydrogen-bond acceptors (Lipinski definition) is 5. The molecule has 0 aliphatic carbocycles. The Morgan fingerprint density at radius 2 is 2.24 bits per heavy atom. The third-order valence-corrected chi connectivity index (χ3v) is 2.98. The number of nitrogens with zero attached hydrogens (tertiary/aromatic N) is 3.